The maximum atomic E-state index is 11.7. The van der Waals surface area contributed by atoms with Gasteiger partial charge in [-0.15, -0.1) is 12.4 Å². The highest BCUT2D eigenvalue weighted by molar-refractivity contribution is 5.85. The molecule has 0 heterocycles. The lowest BCUT2D eigenvalue weighted by atomic mass is 10.1. The van der Waals surface area contributed by atoms with Crippen LogP contribution in [0.5, 0.6) is 5.75 Å². The predicted molar refractivity (Wildman–Crippen MR) is 88.3 cm³/mol. The van der Waals surface area contributed by atoms with Crippen molar-refractivity contribution >= 4 is 24.2 Å². The molecule has 6 nitrogen and oxygen atoms in total. The Bertz CT molecular complexity index is 466. The van der Waals surface area contributed by atoms with Crippen molar-refractivity contribution in [3.8, 4) is 5.75 Å². The fourth-order valence-electron chi connectivity index (χ4n) is 1.82. The third-order valence-electron chi connectivity index (χ3n) is 3.17. The number of carbonyl (C=O) groups excluding carboxylic acids is 2. The monoisotopic (exact) mass is 329 g/mol. The number of hydrogen-bond acceptors (Lipinski definition) is 4. The number of amides is 2. The molecule has 2 amide bonds. The van der Waals surface area contributed by atoms with Crippen LogP contribution in [-0.2, 0) is 16.0 Å². The zero-order valence-electron chi connectivity index (χ0n) is 13.0. The Morgan fingerprint density at radius 3 is 2.45 bits per heavy atom. The molecule has 7 heteroatoms. The summed E-state index contributed by atoms with van der Waals surface area (Å²) in [5.74, 6) is 0.392. The van der Waals surface area contributed by atoms with Gasteiger partial charge in [0.1, 0.15) is 5.75 Å². The Labute approximate surface area is 137 Å². The maximum absolute atomic E-state index is 11.7. The minimum Gasteiger partial charge on any atom is -0.497 e. The summed E-state index contributed by atoms with van der Waals surface area (Å²) in [4.78, 5) is 24.3. The number of halogens is 1. The van der Waals surface area contributed by atoms with Crippen molar-refractivity contribution in [1.82, 2.24) is 10.2 Å². The molecule has 0 unspecified atom stereocenters. The molecule has 0 bridgehead atoms. The Balaban J connectivity index is 0.00000441. The summed E-state index contributed by atoms with van der Waals surface area (Å²) in [6.07, 6.45) is 1.75. The summed E-state index contributed by atoms with van der Waals surface area (Å²) in [5, 5.41) is 2.46. The van der Waals surface area contributed by atoms with Crippen molar-refractivity contribution in [3.63, 3.8) is 0 Å². The average Bonchev–Trinajstić information content (AvgIpc) is 2.52. The lowest BCUT2D eigenvalue weighted by Gasteiger charge is -2.17. The molecule has 124 valence electrons. The molecule has 0 aromatic heterocycles. The largest absolute Gasteiger partial charge is 0.497 e. The fourth-order valence-corrected chi connectivity index (χ4v) is 1.82. The summed E-state index contributed by atoms with van der Waals surface area (Å²) in [6.45, 7) is 0.535. The van der Waals surface area contributed by atoms with Crippen molar-refractivity contribution in [2.24, 2.45) is 5.73 Å². The molecule has 0 atom stereocenters. The average molecular weight is 330 g/mol. The van der Waals surface area contributed by atoms with Crippen LogP contribution in [0, 0.1) is 0 Å². The van der Waals surface area contributed by atoms with Gasteiger partial charge in [0.05, 0.1) is 20.2 Å². The number of likely N-dealkylation sites (N-methyl/N-ethyl adjacent to an activating group) is 1. The van der Waals surface area contributed by atoms with Crippen LogP contribution in [-0.4, -0.2) is 50.5 Å². The van der Waals surface area contributed by atoms with E-state index in [-0.39, 0.29) is 37.3 Å². The van der Waals surface area contributed by atoms with Crippen LogP contribution < -0.4 is 15.8 Å². The van der Waals surface area contributed by atoms with Gasteiger partial charge in [0, 0.05) is 13.6 Å². The molecule has 0 spiro atoms. The minimum absolute atomic E-state index is 0. The Morgan fingerprint density at radius 1 is 1.27 bits per heavy atom. The first kappa shape index (κ1) is 20.2. The molecule has 0 radical (unpaired) electrons. The maximum Gasteiger partial charge on any atom is 0.241 e. The van der Waals surface area contributed by atoms with E-state index in [0.717, 1.165) is 18.6 Å². The van der Waals surface area contributed by atoms with E-state index < -0.39 is 0 Å². The third kappa shape index (κ3) is 7.28. The van der Waals surface area contributed by atoms with Crippen LogP contribution in [0.25, 0.3) is 0 Å². The number of nitrogens with one attached hydrogen (secondary N) is 1. The number of benzene rings is 1. The van der Waals surface area contributed by atoms with Crippen LogP contribution in [0.3, 0.4) is 0 Å². The van der Waals surface area contributed by atoms with E-state index >= 15 is 0 Å². The zero-order valence-corrected chi connectivity index (χ0v) is 13.8. The third-order valence-corrected chi connectivity index (χ3v) is 3.17. The molecular formula is C15H24ClN3O3. The Hall–Kier alpha value is -1.79. The summed E-state index contributed by atoms with van der Waals surface area (Å²) in [6, 6.07) is 7.88. The molecule has 0 aliphatic heterocycles. The number of hydrogen-bond donors (Lipinski definition) is 2. The van der Waals surface area contributed by atoms with Crippen LogP contribution in [0.2, 0.25) is 0 Å². The first-order valence-corrected chi connectivity index (χ1v) is 6.90. The number of nitrogens with two attached hydrogens (primary N) is 1. The van der Waals surface area contributed by atoms with Crippen molar-refractivity contribution in [3.05, 3.63) is 29.8 Å². The van der Waals surface area contributed by atoms with Gasteiger partial charge in [0.15, 0.2) is 0 Å². The SMILES string of the molecule is COc1ccc(CCCN(C)C(=O)CNC(=O)CN)cc1.Cl. The summed E-state index contributed by atoms with van der Waals surface area (Å²) in [5.41, 5.74) is 6.36. The molecule has 0 saturated heterocycles. The number of aryl methyl sites for hydroxylation is 1. The zero-order chi connectivity index (χ0) is 15.7. The summed E-state index contributed by atoms with van der Waals surface area (Å²) < 4.78 is 5.10. The van der Waals surface area contributed by atoms with Gasteiger partial charge in [0.25, 0.3) is 0 Å². The molecule has 22 heavy (non-hydrogen) atoms. The number of carbonyl (C=O) groups is 2. The van der Waals surface area contributed by atoms with Crippen LogP contribution in [0.15, 0.2) is 24.3 Å². The van der Waals surface area contributed by atoms with E-state index in [4.69, 9.17) is 10.5 Å². The second kappa shape index (κ2) is 10.9. The van der Waals surface area contributed by atoms with Gasteiger partial charge >= 0.3 is 0 Å². The highest BCUT2D eigenvalue weighted by atomic mass is 35.5. The molecule has 1 rings (SSSR count). The normalized spacial score (nSPS) is 9.59. The summed E-state index contributed by atoms with van der Waals surface area (Å²) >= 11 is 0. The number of methoxy groups -OCH3 is 1. The van der Waals surface area contributed by atoms with Crippen molar-refractivity contribution in [2.75, 3.05) is 33.8 Å². The first-order valence-electron chi connectivity index (χ1n) is 6.90. The van der Waals surface area contributed by atoms with Crippen molar-refractivity contribution in [1.29, 1.82) is 0 Å². The van der Waals surface area contributed by atoms with E-state index in [1.807, 2.05) is 24.3 Å². The van der Waals surface area contributed by atoms with Crippen molar-refractivity contribution < 1.29 is 14.3 Å². The van der Waals surface area contributed by atoms with E-state index in [1.54, 1.807) is 19.1 Å². The predicted octanol–water partition coefficient (Wildman–Crippen LogP) is 0.583. The smallest absolute Gasteiger partial charge is 0.241 e. The molecular weight excluding hydrogens is 306 g/mol. The van der Waals surface area contributed by atoms with E-state index in [9.17, 15) is 9.59 Å². The van der Waals surface area contributed by atoms with Gasteiger partial charge in [0.2, 0.25) is 11.8 Å². The van der Waals surface area contributed by atoms with Gasteiger partial charge in [-0.3, -0.25) is 9.59 Å². The van der Waals surface area contributed by atoms with Gasteiger partial charge in [-0.1, -0.05) is 12.1 Å². The Morgan fingerprint density at radius 2 is 1.91 bits per heavy atom. The molecule has 1 aromatic rings. The van der Waals surface area contributed by atoms with Gasteiger partial charge in [-0.25, -0.2) is 0 Å². The fraction of sp³-hybridized carbons (Fsp3) is 0.467. The topological polar surface area (TPSA) is 84.7 Å². The van der Waals surface area contributed by atoms with Crippen molar-refractivity contribution in [2.45, 2.75) is 12.8 Å². The van der Waals surface area contributed by atoms with E-state index in [1.165, 1.54) is 5.56 Å². The molecule has 1 aromatic carbocycles. The van der Waals surface area contributed by atoms with Gasteiger partial charge in [-0.05, 0) is 30.5 Å². The number of nitrogens with zero attached hydrogens (tertiary/aromatic N) is 1. The second-order valence-electron chi connectivity index (χ2n) is 4.75. The Kier molecular flexibility index (Phi) is 9.98. The standard InChI is InChI=1S/C15H23N3O3.ClH/c1-18(15(20)11-17-14(19)10-16)9-3-4-12-5-7-13(21-2)8-6-12;/h5-8H,3-4,9-11,16H2,1-2H3,(H,17,19);1H. The molecule has 0 saturated carbocycles. The molecule has 0 aliphatic rings. The highest BCUT2D eigenvalue weighted by Gasteiger charge is 2.09. The van der Waals surface area contributed by atoms with Gasteiger partial charge in [-0.2, -0.15) is 0 Å². The van der Waals surface area contributed by atoms with Crippen LogP contribution in [0.1, 0.15) is 12.0 Å². The second-order valence-corrected chi connectivity index (χ2v) is 4.75. The first-order chi connectivity index (χ1) is 10.1. The number of ether oxygens (including phenoxy) is 1. The lowest BCUT2D eigenvalue weighted by Crippen LogP contribution is -2.40. The van der Waals surface area contributed by atoms with Gasteiger partial charge < -0.3 is 20.7 Å². The lowest BCUT2D eigenvalue weighted by molar-refractivity contribution is -0.131. The summed E-state index contributed by atoms with van der Waals surface area (Å²) in [7, 11) is 3.37. The number of rotatable bonds is 8. The molecule has 0 fully saturated rings. The van der Waals surface area contributed by atoms with Crippen LogP contribution >= 0.6 is 12.4 Å². The quantitative estimate of drug-likeness (QED) is 0.731. The van der Waals surface area contributed by atoms with E-state index in [0.29, 0.717) is 6.54 Å². The van der Waals surface area contributed by atoms with Crippen LogP contribution in [0.4, 0.5) is 0 Å². The molecule has 3 N–H and O–H groups in total. The van der Waals surface area contributed by atoms with E-state index in [2.05, 4.69) is 5.32 Å². The molecule has 0 aliphatic carbocycles. The highest BCUT2D eigenvalue weighted by Crippen LogP contribution is 2.12. The minimum atomic E-state index is -0.324.